The molecule has 0 unspecified atom stereocenters. The summed E-state index contributed by atoms with van der Waals surface area (Å²) in [4.78, 5) is 14.1. The van der Waals surface area contributed by atoms with Crippen LogP contribution >= 0.6 is 0 Å². The number of nitrogen functional groups attached to an aromatic ring is 1. The molecule has 6 heteroatoms. The van der Waals surface area contributed by atoms with Crippen molar-refractivity contribution in [3.05, 3.63) is 5.69 Å². The van der Waals surface area contributed by atoms with Crippen LogP contribution in [0.25, 0.3) is 0 Å². The van der Waals surface area contributed by atoms with E-state index in [1.54, 1.807) is 0 Å². The number of carbonyl (C=O) groups excluding carboxylic acids is 1. The van der Waals surface area contributed by atoms with Crippen LogP contribution in [0.1, 0.15) is 44.7 Å². The Labute approximate surface area is 126 Å². The maximum atomic E-state index is 12.1. The third-order valence-corrected chi connectivity index (χ3v) is 3.95. The van der Waals surface area contributed by atoms with Crippen LogP contribution in [0.5, 0.6) is 0 Å². The minimum Gasteiger partial charge on any atom is -0.394 e. The maximum absolute atomic E-state index is 12.1. The van der Waals surface area contributed by atoms with Crippen molar-refractivity contribution < 1.29 is 4.79 Å². The number of aryl methyl sites for hydroxylation is 2. The van der Waals surface area contributed by atoms with E-state index >= 15 is 0 Å². The van der Waals surface area contributed by atoms with Gasteiger partial charge in [0, 0.05) is 32.6 Å². The van der Waals surface area contributed by atoms with Gasteiger partial charge in [-0.15, -0.1) is 0 Å². The van der Waals surface area contributed by atoms with Crippen LogP contribution in [-0.2, 0) is 11.3 Å². The molecule has 1 aliphatic rings. The largest absolute Gasteiger partial charge is 0.394 e. The van der Waals surface area contributed by atoms with Crippen molar-refractivity contribution >= 4 is 17.4 Å². The number of aromatic nitrogens is 2. The fraction of sp³-hybridized carbons (Fsp3) is 0.733. The Balaban J connectivity index is 1.86. The van der Waals surface area contributed by atoms with E-state index in [0.29, 0.717) is 18.7 Å². The van der Waals surface area contributed by atoms with E-state index in [4.69, 9.17) is 5.73 Å². The Morgan fingerprint density at radius 3 is 2.71 bits per heavy atom. The van der Waals surface area contributed by atoms with E-state index in [1.807, 2.05) is 16.5 Å². The Morgan fingerprint density at radius 2 is 2.05 bits per heavy atom. The number of nitrogens with two attached hydrogens (primary N) is 1. The first kappa shape index (κ1) is 15.7. The second kappa shape index (κ2) is 7.33. The zero-order valence-electron chi connectivity index (χ0n) is 13.2. The van der Waals surface area contributed by atoms with Crippen molar-refractivity contribution in [3.8, 4) is 0 Å². The Morgan fingerprint density at radius 1 is 1.33 bits per heavy atom. The van der Waals surface area contributed by atoms with E-state index in [2.05, 4.69) is 17.3 Å². The smallest absolute Gasteiger partial charge is 0.224 e. The van der Waals surface area contributed by atoms with Gasteiger partial charge in [0.15, 0.2) is 0 Å². The number of piperidine rings is 1. The fourth-order valence-corrected chi connectivity index (χ4v) is 2.74. The summed E-state index contributed by atoms with van der Waals surface area (Å²) in [6, 6.07) is 0. The molecule has 1 saturated heterocycles. The molecule has 0 saturated carbocycles. The fourth-order valence-electron chi connectivity index (χ4n) is 2.74. The lowest BCUT2D eigenvalue weighted by Gasteiger charge is -2.26. The van der Waals surface area contributed by atoms with Crippen molar-refractivity contribution in [2.45, 2.75) is 52.5 Å². The molecule has 2 rings (SSSR count). The van der Waals surface area contributed by atoms with Gasteiger partial charge in [0.2, 0.25) is 5.91 Å². The third-order valence-electron chi connectivity index (χ3n) is 3.95. The third kappa shape index (κ3) is 3.89. The monoisotopic (exact) mass is 293 g/mol. The van der Waals surface area contributed by atoms with Gasteiger partial charge in [0.1, 0.15) is 5.82 Å². The summed E-state index contributed by atoms with van der Waals surface area (Å²) in [5.74, 6) is 1.08. The van der Waals surface area contributed by atoms with E-state index in [9.17, 15) is 4.79 Å². The molecule has 0 radical (unpaired) electrons. The first-order valence-electron chi connectivity index (χ1n) is 7.98. The molecular formula is C15H27N5O. The predicted octanol–water partition coefficient (Wildman–Crippen LogP) is 2.00. The van der Waals surface area contributed by atoms with Gasteiger partial charge in [-0.2, -0.15) is 5.10 Å². The molecule has 0 spiro atoms. The molecule has 2 heterocycles. The number of hydrogen-bond donors (Lipinski definition) is 2. The van der Waals surface area contributed by atoms with Crippen LogP contribution in [0, 0.1) is 6.92 Å². The Hall–Kier alpha value is -1.72. The number of amides is 1. The second-order valence-corrected chi connectivity index (χ2v) is 5.69. The summed E-state index contributed by atoms with van der Waals surface area (Å²) >= 11 is 0. The second-order valence-electron chi connectivity index (χ2n) is 5.69. The van der Waals surface area contributed by atoms with Crippen LogP contribution in [0.15, 0.2) is 0 Å². The van der Waals surface area contributed by atoms with Gasteiger partial charge in [-0.1, -0.05) is 6.92 Å². The van der Waals surface area contributed by atoms with Crippen molar-refractivity contribution in [1.29, 1.82) is 0 Å². The summed E-state index contributed by atoms with van der Waals surface area (Å²) in [5.41, 5.74) is 7.58. The lowest BCUT2D eigenvalue weighted by atomic mass is 10.1. The van der Waals surface area contributed by atoms with Crippen molar-refractivity contribution in [2.24, 2.45) is 0 Å². The quantitative estimate of drug-likeness (QED) is 0.841. The Bertz CT molecular complexity index is 477. The van der Waals surface area contributed by atoms with Gasteiger partial charge in [0.25, 0.3) is 0 Å². The number of likely N-dealkylation sites (tertiary alicyclic amines) is 1. The molecule has 1 fully saturated rings. The highest BCUT2D eigenvalue weighted by atomic mass is 16.2. The molecule has 21 heavy (non-hydrogen) atoms. The predicted molar refractivity (Wildman–Crippen MR) is 85.2 cm³/mol. The highest BCUT2D eigenvalue weighted by molar-refractivity contribution is 5.77. The minimum atomic E-state index is 0.235. The number of rotatable bonds is 6. The molecule has 3 N–H and O–H groups in total. The molecule has 0 aromatic carbocycles. The van der Waals surface area contributed by atoms with E-state index < -0.39 is 0 Å². The topological polar surface area (TPSA) is 76.2 Å². The first-order valence-corrected chi connectivity index (χ1v) is 7.98. The molecule has 0 bridgehead atoms. The standard InChI is InChI=1S/C15H27N5O/c1-3-9-20-15(14(16)12(2)18-20)17-8-7-13(21)19-10-5-4-6-11-19/h17H,3-11,16H2,1-2H3. The van der Waals surface area contributed by atoms with Crippen molar-refractivity contribution in [2.75, 3.05) is 30.7 Å². The van der Waals surface area contributed by atoms with Gasteiger partial charge in [-0.25, -0.2) is 4.68 Å². The number of hydrogen-bond acceptors (Lipinski definition) is 4. The molecule has 0 aliphatic carbocycles. The van der Waals surface area contributed by atoms with Gasteiger partial charge in [0.05, 0.1) is 11.4 Å². The molecule has 1 aromatic heterocycles. The molecular weight excluding hydrogens is 266 g/mol. The molecule has 1 aromatic rings. The van der Waals surface area contributed by atoms with E-state index in [-0.39, 0.29) is 5.91 Å². The first-order chi connectivity index (χ1) is 10.1. The molecule has 1 amide bonds. The lowest BCUT2D eigenvalue weighted by Crippen LogP contribution is -2.36. The highest BCUT2D eigenvalue weighted by Crippen LogP contribution is 2.22. The van der Waals surface area contributed by atoms with Crippen molar-refractivity contribution in [3.63, 3.8) is 0 Å². The number of nitrogens with one attached hydrogen (secondary N) is 1. The van der Waals surface area contributed by atoms with Crippen molar-refractivity contribution in [1.82, 2.24) is 14.7 Å². The van der Waals surface area contributed by atoms with Gasteiger partial charge in [-0.3, -0.25) is 4.79 Å². The zero-order valence-corrected chi connectivity index (χ0v) is 13.2. The maximum Gasteiger partial charge on any atom is 0.224 e. The SMILES string of the molecule is CCCn1nc(C)c(N)c1NCCC(=O)N1CCCCC1. The van der Waals surface area contributed by atoms with Crippen LogP contribution in [0.3, 0.4) is 0 Å². The molecule has 1 aliphatic heterocycles. The van der Waals surface area contributed by atoms with Crippen LogP contribution in [0.2, 0.25) is 0 Å². The van der Waals surface area contributed by atoms with Gasteiger partial charge >= 0.3 is 0 Å². The summed E-state index contributed by atoms with van der Waals surface area (Å²) in [7, 11) is 0. The van der Waals surface area contributed by atoms with Crippen LogP contribution in [-0.4, -0.2) is 40.2 Å². The van der Waals surface area contributed by atoms with E-state index in [0.717, 1.165) is 50.4 Å². The summed E-state index contributed by atoms with van der Waals surface area (Å²) < 4.78 is 1.90. The number of nitrogens with zero attached hydrogens (tertiary/aromatic N) is 3. The van der Waals surface area contributed by atoms with Gasteiger partial charge < -0.3 is 16.0 Å². The number of anilines is 2. The highest BCUT2D eigenvalue weighted by Gasteiger charge is 2.17. The average Bonchev–Trinajstić information content (AvgIpc) is 2.76. The molecule has 0 atom stereocenters. The van der Waals surface area contributed by atoms with E-state index in [1.165, 1.54) is 6.42 Å². The summed E-state index contributed by atoms with van der Waals surface area (Å²) in [6.07, 6.45) is 5.02. The average molecular weight is 293 g/mol. The summed E-state index contributed by atoms with van der Waals surface area (Å²) in [6.45, 7) is 7.28. The number of carbonyl (C=O) groups is 1. The Kier molecular flexibility index (Phi) is 5.47. The molecule has 118 valence electrons. The minimum absolute atomic E-state index is 0.235. The van der Waals surface area contributed by atoms with Crippen LogP contribution in [0.4, 0.5) is 11.5 Å². The molecule has 6 nitrogen and oxygen atoms in total. The van der Waals surface area contributed by atoms with Gasteiger partial charge in [-0.05, 0) is 32.6 Å². The summed E-state index contributed by atoms with van der Waals surface area (Å²) in [5, 5.41) is 7.71. The normalized spacial score (nSPS) is 15.2. The zero-order chi connectivity index (χ0) is 15.2. The lowest BCUT2D eigenvalue weighted by molar-refractivity contribution is -0.131. The van der Waals surface area contributed by atoms with Crippen LogP contribution < -0.4 is 11.1 Å².